The van der Waals surface area contributed by atoms with Gasteiger partial charge in [-0.15, -0.1) is 0 Å². The van der Waals surface area contributed by atoms with Crippen molar-refractivity contribution in [1.82, 2.24) is 14.3 Å². The standard InChI is InChI=1S/C28H27F5N4O4S/c1-2-36(42(41)27-25(32)23(30)22(29)24(31)26(27)33)15-21(38)37(19-10-11-20(28(39)40)35-13-19)14-18-9-8-17(12-34-18)16-6-4-3-5-7-16/h8-13,16H,2-7,14-15H2,1H3,(H,39,40). The zero-order valence-electron chi connectivity index (χ0n) is 22.5. The molecule has 0 bridgehead atoms. The molecule has 2 heterocycles. The molecule has 0 radical (unpaired) electrons. The molecule has 0 spiro atoms. The number of aromatic carboxylic acids is 1. The summed E-state index contributed by atoms with van der Waals surface area (Å²) in [6.45, 7) is 0.223. The molecule has 1 atom stereocenters. The van der Waals surface area contributed by atoms with Crippen LogP contribution in [0.15, 0.2) is 41.6 Å². The Morgan fingerprint density at radius 2 is 1.55 bits per heavy atom. The van der Waals surface area contributed by atoms with Gasteiger partial charge in [0, 0.05) is 12.7 Å². The zero-order valence-corrected chi connectivity index (χ0v) is 23.3. The Hall–Kier alpha value is -3.78. The van der Waals surface area contributed by atoms with Gasteiger partial charge in [-0.3, -0.25) is 9.78 Å². The predicted octanol–water partition coefficient (Wildman–Crippen LogP) is 5.50. The summed E-state index contributed by atoms with van der Waals surface area (Å²) in [4.78, 5) is 32.7. The van der Waals surface area contributed by atoms with E-state index in [1.165, 1.54) is 25.5 Å². The number of rotatable bonds is 10. The van der Waals surface area contributed by atoms with Gasteiger partial charge >= 0.3 is 5.97 Å². The van der Waals surface area contributed by atoms with E-state index in [2.05, 4.69) is 9.97 Å². The van der Waals surface area contributed by atoms with Crippen LogP contribution < -0.4 is 4.90 Å². The van der Waals surface area contributed by atoms with Crippen LogP contribution in [0.5, 0.6) is 0 Å². The van der Waals surface area contributed by atoms with E-state index in [0.29, 0.717) is 11.6 Å². The van der Waals surface area contributed by atoms with Crippen LogP contribution in [-0.4, -0.2) is 48.6 Å². The number of anilines is 1. The third-order valence-electron chi connectivity index (χ3n) is 7.07. The first-order valence-electron chi connectivity index (χ1n) is 13.2. The highest BCUT2D eigenvalue weighted by atomic mass is 32.2. The van der Waals surface area contributed by atoms with E-state index in [4.69, 9.17) is 0 Å². The molecule has 1 aliphatic carbocycles. The molecule has 1 N–H and O–H groups in total. The topological polar surface area (TPSA) is 104 Å². The van der Waals surface area contributed by atoms with E-state index in [0.717, 1.165) is 46.6 Å². The quantitative estimate of drug-likeness (QED) is 0.185. The molecule has 1 amide bonds. The molecule has 1 unspecified atom stereocenters. The molecular weight excluding hydrogens is 583 g/mol. The average molecular weight is 611 g/mol. The van der Waals surface area contributed by atoms with Crippen molar-refractivity contribution in [2.75, 3.05) is 18.0 Å². The Bertz CT molecular complexity index is 1460. The lowest BCUT2D eigenvalue weighted by Gasteiger charge is -2.26. The molecule has 4 rings (SSSR count). The number of pyridine rings is 2. The molecule has 1 saturated carbocycles. The highest BCUT2D eigenvalue weighted by Crippen LogP contribution is 2.32. The minimum absolute atomic E-state index is 0.134. The van der Waals surface area contributed by atoms with E-state index < -0.39 is 63.4 Å². The van der Waals surface area contributed by atoms with Crippen LogP contribution in [0, 0.1) is 29.1 Å². The molecule has 42 heavy (non-hydrogen) atoms. The van der Waals surface area contributed by atoms with Crippen LogP contribution in [-0.2, 0) is 22.3 Å². The Balaban J connectivity index is 1.62. The first-order valence-corrected chi connectivity index (χ1v) is 14.3. The highest BCUT2D eigenvalue weighted by molar-refractivity contribution is 7.82. The summed E-state index contributed by atoms with van der Waals surface area (Å²) in [7, 11) is -2.95. The largest absolute Gasteiger partial charge is 0.477 e. The number of nitrogens with zero attached hydrogens (tertiary/aromatic N) is 4. The Kier molecular flexibility index (Phi) is 9.99. The van der Waals surface area contributed by atoms with Gasteiger partial charge in [-0.2, -0.15) is 0 Å². The van der Waals surface area contributed by atoms with E-state index >= 15 is 0 Å². The second kappa shape index (κ2) is 13.5. The van der Waals surface area contributed by atoms with Crippen molar-refractivity contribution in [3.8, 4) is 0 Å². The third kappa shape index (κ3) is 6.65. The lowest BCUT2D eigenvalue weighted by Crippen LogP contribution is -2.41. The lowest BCUT2D eigenvalue weighted by molar-refractivity contribution is -0.118. The minimum Gasteiger partial charge on any atom is -0.477 e. The summed E-state index contributed by atoms with van der Waals surface area (Å²) in [6.07, 6.45) is 8.44. The van der Waals surface area contributed by atoms with Gasteiger partial charge in [0.25, 0.3) is 0 Å². The van der Waals surface area contributed by atoms with Gasteiger partial charge in [-0.1, -0.05) is 32.3 Å². The smallest absolute Gasteiger partial charge is 0.354 e. The number of halogens is 5. The van der Waals surface area contributed by atoms with Crippen molar-refractivity contribution in [2.24, 2.45) is 0 Å². The van der Waals surface area contributed by atoms with Crippen molar-refractivity contribution in [3.05, 3.63) is 82.7 Å². The zero-order chi connectivity index (χ0) is 30.6. The van der Waals surface area contributed by atoms with Crippen molar-refractivity contribution in [1.29, 1.82) is 0 Å². The first-order chi connectivity index (χ1) is 20.0. The number of hydrogen-bond donors (Lipinski definition) is 1. The van der Waals surface area contributed by atoms with Crippen LogP contribution in [0.3, 0.4) is 0 Å². The number of carboxylic acid groups (broad SMARTS) is 1. The maximum absolute atomic E-state index is 14.4. The normalized spacial score (nSPS) is 14.6. The Morgan fingerprint density at radius 3 is 2.07 bits per heavy atom. The molecule has 3 aromatic rings. The second-order valence-corrected chi connectivity index (χ2v) is 11.1. The van der Waals surface area contributed by atoms with Crippen molar-refractivity contribution >= 4 is 28.5 Å². The number of likely N-dealkylation sites (N-methyl/N-ethyl adjacent to an activating group) is 1. The molecule has 8 nitrogen and oxygen atoms in total. The Labute approximate surface area is 240 Å². The van der Waals surface area contributed by atoms with Crippen LogP contribution in [0.2, 0.25) is 0 Å². The maximum Gasteiger partial charge on any atom is 0.354 e. The lowest BCUT2D eigenvalue weighted by atomic mass is 9.85. The van der Waals surface area contributed by atoms with Gasteiger partial charge in [0.2, 0.25) is 11.7 Å². The summed E-state index contributed by atoms with van der Waals surface area (Å²) in [5, 5.41) is 9.18. The summed E-state index contributed by atoms with van der Waals surface area (Å²) >= 11 is 0. The fourth-order valence-electron chi connectivity index (χ4n) is 4.76. The third-order valence-corrected chi connectivity index (χ3v) is 8.63. The SMILES string of the molecule is CCN(CC(=O)N(Cc1ccc(C2CCCCC2)cn1)c1ccc(C(=O)O)nc1)S(=O)c1c(F)c(F)c(F)c(F)c1F. The van der Waals surface area contributed by atoms with Crippen LogP contribution in [0.1, 0.15) is 66.7 Å². The number of carbonyl (C=O) groups excluding carboxylic acids is 1. The van der Waals surface area contributed by atoms with E-state index in [1.807, 2.05) is 6.07 Å². The number of hydrogen-bond acceptors (Lipinski definition) is 5. The molecule has 1 fully saturated rings. The number of carbonyl (C=O) groups is 2. The van der Waals surface area contributed by atoms with Gasteiger partial charge in [0.1, 0.15) is 21.6 Å². The maximum atomic E-state index is 14.4. The van der Waals surface area contributed by atoms with Crippen LogP contribution in [0.4, 0.5) is 27.6 Å². The van der Waals surface area contributed by atoms with Gasteiger partial charge in [0.15, 0.2) is 23.3 Å². The number of amides is 1. The second-order valence-electron chi connectivity index (χ2n) is 9.71. The van der Waals surface area contributed by atoms with Gasteiger partial charge < -0.3 is 10.0 Å². The molecule has 1 aromatic carbocycles. The number of carboxylic acids is 1. The monoisotopic (exact) mass is 610 g/mol. The molecule has 14 heteroatoms. The molecular formula is C28H27F5N4O4S. The molecule has 224 valence electrons. The summed E-state index contributed by atoms with van der Waals surface area (Å²) < 4.78 is 83.6. The van der Waals surface area contributed by atoms with E-state index in [9.17, 15) is 40.9 Å². The number of benzene rings is 1. The highest BCUT2D eigenvalue weighted by Gasteiger charge is 2.33. The van der Waals surface area contributed by atoms with E-state index in [1.54, 1.807) is 12.3 Å². The minimum atomic E-state index is -2.95. The molecule has 2 aromatic heterocycles. The fourth-order valence-corrected chi connectivity index (χ4v) is 5.96. The van der Waals surface area contributed by atoms with Crippen molar-refractivity contribution in [3.63, 3.8) is 0 Å². The summed E-state index contributed by atoms with van der Waals surface area (Å²) in [5.74, 6) is -13.1. The average Bonchev–Trinajstić information content (AvgIpc) is 3.01. The molecule has 0 saturated heterocycles. The fraction of sp³-hybridized carbons (Fsp3) is 0.357. The van der Waals surface area contributed by atoms with Crippen LogP contribution in [0.25, 0.3) is 0 Å². The summed E-state index contributed by atoms with van der Waals surface area (Å²) in [5.41, 5.74) is 1.37. The molecule has 1 aliphatic rings. The predicted molar refractivity (Wildman–Crippen MR) is 142 cm³/mol. The first kappa shape index (κ1) is 31.2. The van der Waals surface area contributed by atoms with Gasteiger partial charge in [-0.25, -0.2) is 40.2 Å². The van der Waals surface area contributed by atoms with Gasteiger partial charge in [0.05, 0.1) is 30.7 Å². The Morgan fingerprint density at radius 1 is 0.905 bits per heavy atom. The number of aromatic nitrogens is 2. The van der Waals surface area contributed by atoms with Crippen molar-refractivity contribution < 1.29 is 40.9 Å². The van der Waals surface area contributed by atoms with Crippen LogP contribution >= 0.6 is 0 Å². The summed E-state index contributed by atoms with van der Waals surface area (Å²) in [6, 6.07) is 6.15. The van der Waals surface area contributed by atoms with Crippen molar-refractivity contribution in [2.45, 2.75) is 56.4 Å². The molecule has 0 aliphatic heterocycles. The van der Waals surface area contributed by atoms with Gasteiger partial charge in [-0.05, 0) is 42.5 Å². The van der Waals surface area contributed by atoms with E-state index in [-0.39, 0.29) is 24.5 Å².